The Bertz CT molecular complexity index is 727. The highest BCUT2D eigenvalue weighted by molar-refractivity contribution is 5.93. The van der Waals surface area contributed by atoms with Crippen molar-refractivity contribution in [1.29, 1.82) is 0 Å². The number of hydrogen-bond donors (Lipinski definition) is 2. The maximum absolute atomic E-state index is 6.37. The summed E-state index contributed by atoms with van der Waals surface area (Å²) in [6.45, 7) is 2.90. The minimum Gasteiger partial charge on any atom is -0.494 e. The van der Waals surface area contributed by atoms with Gasteiger partial charge >= 0.3 is 0 Å². The maximum atomic E-state index is 6.37. The van der Waals surface area contributed by atoms with Crippen molar-refractivity contribution in [3.8, 4) is 5.75 Å². The van der Waals surface area contributed by atoms with Crippen LogP contribution in [-0.2, 0) is 6.42 Å². The summed E-state index contributed by atoms with van der Waals surface area (Å²) in [4.78, 5) is 4.81. The summed E-state index contributed by atoms with van der Waals surface area (Å²) >= 11 is 0. The van der Waals surface area contributed by atoms with E-state index < -0.39 is 0 Å². The van der Waals surface area contributed by atoms with E-state index in [-0.39, 0.29) is 6.17 Å². The molecule has 0 aromatic heterocycles. The van der Waals surface area contributed by atoms with Crippen LogP contribution in [0.25, 0.3) is 0 Å². The summed E-state index contributed by atoms with van der Waals surface area (Å²) in [5.41, 5.74) is 10.7. The molecule has 4 nitrogen and oxygen atoms in total. The summed E-state index contributed by atoms with van der Waals surface area (Å²) in [5, 5.41) is 3.40. The number of aryl methyl sites for hydroxylation is 1. The van der Waals surface area contributed by atoms with Crippen LogP contribution in [0.15, 0.2) is 53.5 Å². The van der Waals surface area contributed by atoms with E-state index in [2.05, 4.69) is 30.4 Å². The van der Waals surface area contributed by atoms with Crippen molar-refractivity contribution < 1.29 is 4.74 Å². The number of rotatable bonds is 5. The van der Waals surface area contributed by atoms with Crippen LogP contribution >= 0.6 is 0 Å². The monoisotopic (exact) mass is 337 g/mol. The smallest absolute Gasteiger partial charge is 0.121 e. The number of fused-ring (bicyclic) bond motifs is 1. The molecular weight excluding hydrogens is 310 g/mol. The van der Waals surface area contributed by atoms with Crippen molar-refractivity contribution in [2.24, 2.45) is 10.7 Å². The fraction of sp³-hybridized carbons (Fsp3) is 0.381. The maximum Gasteiger partial charge on any atom is 0.121 e. The molecule has 0 saturated heterocycles. The number of anilines is 1. The van der Waals surface area contributed by atoms with Gasteiger partial charge in [-0.3, -0.25) is 4.99 Å². The third-order valence-corrected chi connectivity index (χ3v) is 4.42. The molecule has 0 bridgehead atoms. The molecule has 1 heterocycles. The number of nitrogens with two attached hydrogens (primary N) is 1. The molecule has 132 valence electrons. The van der Waals surface area contributed by atoms with Gasteiger partial charge in [-0.2, -0.15) is 0 Å². The Hall–Kier alpha value is -2.33. The van der Waals surface area contributed by atoms with Crippen LogP contribution in [0.3, 0.4) is 0 Å². The SMILES string of the molecule is CCCCOc1cccc(N=C2CCCc3ccccc3NC2N)c1. The number of aliphatic imine (C=N–C) groups is 1. The van der Waals surface area contributed by atoms with Gasteiger partial charge in [0.15, 0.2) is 0 Å². The molecule has 2 aromatic rings. The van der Waals surface area contributed by atoms with Crippen molar-refractivity contribution in [2.45, 2.75) is 45.2 Å². The number of nitrogens with zero attached hydrogens (tertiary/aromatic N) is 1. The summed E-state index contributed by atoms with van der Waals surface area (Å²) < 4.78 is 5.78. The highest BCUT2D eigenvalue weighted by atomic mass is 16.5. The van der Waals surface area contributed by atoms with Crippen LogP contribution < -0.4 is 15.8 Å². The lowest BCUT2D eigenvalue weighted by atomic mass is 10.0. The lowest BCUT2D eigenvalue weighted by Gasteiger charge is -2.23. The third-order valence-electron chi connectivity index (χ3n) is 4.42. The topological polar surface area (TPSA) is 59.6 Å². The highest BCUT2D eigenvalue weighted by Crippen LogP contribution is 2.24. The van der Waals surface area contributed by atoms with Crippen LogP contribution in [0, 0.1) is 0 Å². The Morgan fingerprint density at radius 2 is 2.04 bits per heavy atom. The van der Waals surface area contributed by atoms with Gasteiger partial charge in [0.2, 0.25) is 0 Å². The van der Waals surface area contributed by atoms with Gasteiger partial charge in [0.05, 0.1) is 18.0 Å². The van der Waals surface area contributed by atoms with Crippen molar-refractivity contribution in [3.63, 3.8) is 0 Å². The lowest BCUT2D eigenvalue weighted by Crippen LogP contribution is -2.39. The minimum absolute atomic E-state index is 0.272. The van der Waals surface area contributed by atoms with E-state index in [4.69, 9.17) is 15.5 Å². The molecule has 0 fully saturated rings. The predicted octanol–water partition coefficient (Wildman–Crippen LogP) is 4.67. The molecule has 0 aliphatic carbocycles. The van der Waals surface area contributed by atoms with Crippen LogP contribution in [0.2, 0.25) is 0 Å². The van der Waals surface area contributed by atoms with Crippen molar-refractivity contribution in [2.75, 3.05) is 11.9 Å². The first kappa shape index (κ1) is 17.5. The quantitative estimate of drug-likeness (QED) is 0.779. The summed E-state index contributed by atoms with van der Waals surface area (Å²) in [7, 11) is 0. The Labute approximate surface area is 150 Å². The van der Waals surface area contributed by atoms with Gasteiger partial charge in [-0.15, -0.1) is 0 Å². The van der Waals surface area contributed by atoms with Gasteiger partial charge in [0.1, 0.15) is 11.9 Å². The van der Waals surface area contributed by atoms with Gasteiger partial charge in [0, 0.05) is 11.8 Å². The second kappa shape index (κ2) is 8.67. The van der Waals surface area contributed by atoms with E-state index in [0.29, 0.717) is 0 Å². The number of para-hydroxylation sites is 1. The molecule has 4 heteroatoms. The molecule has 3 rings (SSSR count). The molecule has 0 saturated carbocycles. The first-order chi connectivity index (χ1) is 12.3. The van der Waals surface area contributed by atoms with E-state index in [1.165, 1.54) is 5.56 Å². The molecule has 3 N–H and O–H groups in total. The molecule has 1 aliphatic rings. The van der Waals surface area contributed by atoms with Crippen LogP contribution in [0.4, 0.5) is 11.4 Å². The normalized spacial score (nSPS) is 18.8. The molecule has 0 spiro atoms. The molecule has 1 aliphatic heterocycles. The highest BCUT2D eigenvalue weighted by Gasteiger charge is 2.16. The predicted molar refractivity (Wildman–Crippen MR) is 105 cm³/mol. The fourth-order valence-electron chi connectivity index (χ4n) is 3.01. The Balaban J connectivity index is 1.75. The summed E-state index contributed by atoms with van der Waals surface area (Å²) in [5.74, 6) is 0.869. The minimum atomic E-state index is -0.272. The molecule has 2 aromatic carbocycles. The molecule has 0 amide bonds. The summed E-state index contributed by atoms with van der Waals surface area (Å²) in [6.07, 6.45) is 4.90. The number of unbranched alkanes of at least 4 members (excludes halogenated alkanes) is 1. The Morgan fingerprint density at radius 1 is 1.16 bits per heavy atom. The van der Waals surface area contributed by atoms with E-state index in [1.807, 2.05) is 30.3 Å². The molecule has 1 unspecified atom stereocenters. The lowest BCUT2D eigenvalue weighted by molar-refractivity contribution is 0.309. The van der Waals surface area contributed by atoms with Gasteiger partial charge in [0.25, 0.3) is 0 Å². The average Bonchev–Trinajstić information content (AvgIpc) is 2.61. The van der Waals surface area contributed by atoms with Gasteiger partial charge < -0.3 is 15.8 Å². The molecule has 1 atom stereocenters. The van der Waals surface area contributed by atoms with Crippen LogP contribution in [-0.4, -0.2) is 18.5 Å². The van der Waals surface area contributed by atoms with Crippen molar-refractivity contribution in [3.05, 3.63) is 54.1 Å². The zero-order valence-electron chi connectivity index (χ0n) is 14.9. The number of nitrogens with one attached hydrogen (secondary N) is 1. The second-order valence-corrected chi connectivity index (χ2v) is 6.44. The van der Waals surface area contributed by atoms with E-state index in [9.17, 15) is 0 Å². The number of ether oxygens (including phenoxy) is 1. The standard InChI is InChI=1S/C21H27N3O/c1-2-3-14-25-18-11-7-10-17(15-18)23-20-13-6-9-16-8-4-5-12-19(16)24-21(20)22/h4-5,7-8,10-12,15,21,24H,2-3,6,9,13-14,22H2,1H3. The van der Waals surface area contributed by atoms with Crippen molar-refractivity contribution >= 4 is 17.1 Å². The Kier molecular flexibility index (Phi) is 6.07. The van der Waals surface area contributed by atoms with E-state index in [0.717, 1.165) is 61.5 Å². The molecular formula is C21H27N3O. The fourth-order valence-corrected chi connectivity index (χ4v) is 3.01. The Morgan fingerprint density at radius 3 is 2.92 bits per heavy atom. The summed E-state index contributed by atoms with van der Waals surface area (Å²) in [6, 6.07) is 16.3. The van der Waals surface area contributed by atoms with E-state index >= 15 is 0 Å². The van der Waals surface area contributed by atoms with Crippen molar-refractivity contribution in [1.82, 2.24) is 0 Å². The zero-order valence-corrected chi connectivity index (χ0v) is 14.9. The van der Waals surface area contributed by atoms with Gasteiger partial charge in [-0.05, 0) is 49.4 Å². The first-order valence-corrected chi connectivity index (χ1v) is 9.16. The number of benzene rings is 2. The zero-order chi connectivity index (χ0) is 17.5. The van der Waals surface area contributed by atoms with Crippen LogP contribution in [0.1, 0.15) is 38.2 Å². The van der Waals surface area contributed by atoms with Crippen LogP contribution in [0.5, 0.6) is 5.75 Å². The second-order valence-electron chi connectivity index (χ2n) is 6.44. The first-order valence-electron chi connectivity index (χ1n) is 9.16. The largest absolute Gasteiger partial charge is 0.494 e. The van der Waals surface area contributed by atoms with Gasteiger partial charge in [-0.1, -0.05) is 37.6 Å². The third kappa shape index (κ3) is 4.83. The van der Waals surface area contributed by atoms with Gasteiger partial charge in [-0.25, -0.2) is 0 Å². The molecule has 25 heavy (non-hydrogen) atoms. The van der Waals surface area contributed by atoms with E-state index in [1.54, 1.807) is 0 Å². The average molecular weight is 337 g/mol. The number of hydrogen-bond acceptors (Lipinski definition) is 4. The molecule has 0 radical (unpaired) electrons.